The Kier molecular flexibility index (Phi) is 9.38. The van der Waals surface area contributed by atoms with E-state index in [1.807, 2.05) is 54.6 Å². The molecule has 1 saturated heterocycles. The largest absolute Gasteiger partial charge is 0.477 e. The Morgan fingerprint density at radius 3 is 2.06 bits per heavy atom. The summed E-state index contributed by atoms with van der Waals surface area (Å²) in [7, 11) is 2.78. The van der Waals surface area contributed by atoms with Crippen LogP contribution in [0.2, 0.25) is 0 Å². The average molecular weight is 670 g/mol. The molecule has 0 aliphatic carbocycles. The predicted molar refractivity (Wildman–Crippen MR) is 180 cm³/mol. The molecule has 3 heterocycles. The smallest absolute Gasteiger partial charge is 0.352 e. The fourth-order valence-electron chi connectivity index (χ4n) is 5.86. The molecule has 0 radical (unpaired) electrons. The Hall–Kier alpha value is -4.98. The van der Waals surface area contributed by atoms with Gasteiger partial charge in [-0.15, -0.1) is 23.1 Å². The number of oxime groups is 1. The molecule has 3 aromatic carbocycles. The van der Waals surface area contributed by atoms with E-state index in [9.17, 15) is 19.5 Å². The van der Waals surface area contributed by atoms with Crippen LogP contribution in [0.3, 0.4) is 0 Å². The van der Waals surface area contributed by atoms with Gasteiger partial charge in [0.25, 0.3) is 11.8 Å². The van der Waals surface area contributed by atoms with E-state index in [1.165, 1.54) is 42.2 Å². The second kappa shape index (κ2) is 13.8. The van der Waals surface area contributed by atoms with Crippen molar-refractivity contribution in [2.45, 2.75) is 17.0 Å². The summed E-state index contributed by atoms with van der Waals surface area (Å²) in [6, 6.07) is 29.2. The Bertz CT molecular complexity index is 1730. The number of carbonyl (C=O) groups excluding carboxylic acids is 2. The second-order valence-corrected chi connectivity index (χ2v) is 12.6. The SMILES string of the molecule is COCC1=C(C(=O)O)N2C(=O)C(NC(=O)C(=NOC)c3csc(NC(c4ccccc4)(c4ccccc4)c4ccccc4)n3)[C@H]2SC1. The minimum absolute atomic E-state index is 0.0904. The first-order valence-corrected chi connectivity index (χ1v) is 16.5. The van der Waals surface area contributed by atoms with Crippen molar-refractivity contribution in [3.05, 3.63) is 130 Å². The Morgan fingerprint density at radius 2 is 1.55 bits per heavy atom. The summed E-state index contributed by atoms with van der Waals surface area (Å²) in [6.45, 7) is 0.0904. The van der Waals surface area contributed by atoms with Crippen molar-refractivity contribution in [3.8, 4) is 0 Å². The molecule has 47 heavy (non-hydrogen) atoms. The van der Waals surface area contributed by atoms with Gasteiger partial charge in [0.05, 0.1) is 6.61 Å². The van der Waals surface area contributed by atoms with E-state index in [2.05, 4.69) is 52.2 Å². The zero-order valence-electron chi connectivity index (χ0n) is 25.5. The molecule has 2 aliphatic heterocycles. The lowest BCUT2D eigenvalue weighted by molar-refractivity contribution is -0.150. The van der Waals surface area contributed by atoms with E-state index in [0.717, 1.165) is 16.7 Å². The highest BCUT2D eigenvalue weighted by atomic mass is 32.2. The van der Waals surface area contributed by atoms with Crippen molar-refractivity contribution in [2.75, 3.05) is 31.9 Å². The molecule has 1 fully saturated rings. The highest BCUT2D eigenvalue weighted by molar-refractivity contribution is 8.00. The fourth-order valence-corrected chi connectivity index (χ4v) is 7.93. The van der Waals surface area contributed by atoms with E-state index < -0.39 is 34.7 Å². The van der Waals surface area contributed by atoms with E-state index in [1.54, 1.807) is 5.38 Å². The van der Waals surface area contributed by atoms with Crippen LogP contribution in [0, 0.1) is 0 Å². The summed E-state index contributed by atoms with van der Waals surface area (Å²) in [5.74, 6) is -2.08. The number of β-lactam (4-membered cyclic amide) rings is 1. The Morgan fingerprint density at radius 1 is 0.979 bits per heavy atom. The van der Waals surface area contributed by atoms with Gasteiger partial charge >= 0.3 is 5.97 Å². The van der Waals surface area contributed by atoms with Crippen molar-refractivity contribution >= 4 is 51.7 Å². The number of benzene rings is 3. The molecule has 2 aliphatic rings. The number of anilines is 1. The third kappa shape index (κ3) is 6.00. The molecule has 2 amide bonds. The van der Waals surface area contributed by atoms with E-state index in [0.29, 0.717) is 16.5 Å². The van der Waals surface area contributed by atoms with Gasteiger partial charge in [-0.1, -0.05) is 96.2 Å². The van der Waals surface area contributed by atoms with Gasteiger partial charge in [0, 0.05) is 18.2 Å². The van der Waals surface area contributed by atoms with Crippen LogP contribution in [-0.2, 0) is 29.5 Å². The number of carbonyl (C=O) groups is 3. The van der Waals surface area contributed by atoms with E-state index in [4.69, 9.17) is 14.6 Å². The van der Waals surface area contributed by atoms with Crippen molar-refractivity contribution in [1.82, 2.24) is 15.2 Å². The molecule has 4 aromatic rings. The van der Waals surface area contributed by atoms with Gasteiger partial charge < -0.3 is 25.3 Å². The topological polar surface area (TPSA) is 142 Å². The summed E-state index contributed by atoms with van der Waals surface area (Å²) in [5, 5.41) is 21.8. The number of hydrogen-bond acceptors (Lipinski definition) is 10. The van der Waals surface area contributed by atoms with Gasteiger partial charge in [0.1, 0.15) is 35.5 Å². The zero-order valence-corrected chi connectivity index (χ0v) is 27.1. The van der Waals surface area contributed by atoms with Crippen LogP contribution in [0.15, 0.2) is 113 Å². The Balaban J connectivity index is 1.29. The number of carboxylic acid groups (broad SMARTS) is 1. The highest BCUT2D eigenvalue weighted by Crippen LogP contribution is 2.42. The Labute approximate surface area is 279 Å². The number of hydrogen-bond donors (Lipinski definition) is 3. The van der Waals surface area contributed by atoms with Gasteiger partial charge in [-0.25, -0.2) is 9.78 Å². The molecule has 0 bridgehead atoms. The number of aliphatic carboxylic acids is 1. The monoisotopic (exact) mass is 669 g/mol. The fraction of sp³-hybridized carbons (Fsp3) is 0.206. The van der Waals surface area contributed by atoms with Crippen LogP contribution in [0.1, 0.15) is 22.4 Å². The number of nitrogens with one attached hydrogen (secondary N) is 2. The van der Waals surface area contributed by atoms with Crippen LogP contribution in [-0.4, -0.2) is 76.5 Å². The maximum Gasteiger partial charge on any atom is 0.352 e. The molecule has 2 atom stereocenters. The number of aromatic nitrogens is 1. The number of thiazole rings is 1. The quantitative estimate of drug-likeness (QED) is 0.0872. The van der Waals surface area contributed by atoms with Gasteiger partial charge in [-0.2, -0.15) is 0 Å². The number of rotatable bonds is 12. The summed E-state index contributed by atoms with van der Waals surface area (Å²) < 4.78 is 5.13. The third-order valence-electron chi connectivity index (χ3n) is 7.91. The first kappa shape index (κ1) is 32.0. The van der Waals surface area contributed by atoms with Crippen LogP contribution >= 0.6 is 23.1 Å². The summed E-state index contributed by atoms with van der Waals surface area (Å²) in [5.41, 5.74) is 2.64. The summed E-state index contributed by atoms with van der Waals surface area (Å²) in [4.78, 5) is 49.7. The first-order valence-electron chi connectivity index (χ1n) is 14.6. The summed E-state index contributed by atoms with van der Waals surface area (Å²) >= 11 is 2.65. The standard InChI is InChI=1S/C34H31N5O6S2/c1-44-18-21-19-46-31-27(30(41)39(31)28(21)32(42)43)36-29(40)26(38-45-2)25-20-47-33(35-25)37-34(22-12-6-3-7-13-22,23-14-8-4-9-15-23)24-16-10-5-11-17-24/h3-17,20,27,31H,18-19H2,1-2H3,(H,35,37)(H,36,40)(H,42,43)/t27?,31-/m1/s1. The highest BCUT2D eigenvalue weighted by Gasteiger charge is 2.54. The van der Waals surface area contributed by atoms with E-state index >= 15 is 0 Å². The second-order valence-electron chi connectivity index (χ2n) is 10.7. The van der Waals surface area contributed by atoms with Crippen molar-refractivity contribution < 1.29 is 29.1 Å². The molecule has 0 saturated carbocycles. The van der Waals surface area contributed by atoms with Crippen molar-refractivity contribution in [2.24, 2.45) is 5.16 Å². The molecule has 13 heteroatoms. The molecule has 1 unspecified atom stereocenters. The lowest BCUT2D eigenvalue weighted by Gasteiger charge is -2.49. The summed E-state index contributed by atoms with van der Waals surface area (Å²) in [6.07, 6.45) is 0. The van der Waals surface area contributed by atoms with Crippen LogP contribution in [0.5, 0.6) is 0 Å². The number of ether oxygens (including phenoxy) is 1. The molecule has 240 valence electrons. The van der Waals surface area contributed by atoms with Gasteiger partial charge in [-0.05, 0) is 22.3 Å². The average Bonchev–Trinajstić information content (AvgIpc) is 3.57. The number of thioether (sulfide) groups is 1. The zero-order chi connectivity index (χ0) is 33.0. The minimum Gasteiger partial charge on any atom is -0.477 e. The molecule has 0 spiro atoms. The van der Waals surface area contributed by atoms with Crippen LogP contribution in [0.25, 0.3) is 0 Å². The normalized spacial score (nSPS) is 17.9. The molecule has 3 N–H and O–H groups in total. The predicted octanol–water partition coefficient (Wildman–Crippen LogP) is 4.28. The third-order valence-corrected chi connectivity index (χ3v) is 10.0. The van der Waals surface area contributed by atoms with E-state index in [-0.39, 0.29) is 23.7 Å². The lowest BCUT2D eigenvalue weighted by Crippen LogP contribution is -2.71. The van der Waals surface area contributed by atoms with Gasteiger partial charge in [0.2, 0.25) is 0 Å². The van der Waals surface area contributed by atoms with Gasteiger partial charge in [0.15, 0.2) is 10.8 Å². The maximum absolute atomic E-state index is 13.6. The number of amides is 2. The number of methoxy groups -OCH3 is 1. The molecular formula is C34H31N5O6S2. The molecule has 11 nitrogen and oxygen atoms in total. The van der Waals surface area contributed by atoms with Crippen molar-refractivity contribution in [3.63, 3.8) is 0 Å². The van der Waals surface area contributed by atoms with Crippen molar-refractivity contribution in [1.29, 1.82) is 0 Å². The lowest BCUT2D eigenvalue weighted by atomic mass is 9.77. The first-order chi connectivity index (χ1) is 22.9. The minimum atomic E-state index is -1.22. The van der Waals surface area contributed by atoms with Gasteiger partial charge in [-0.3, -0.25) is 14.5 Å². The number of nitrogens with zero attached hydrogens (tertiary/aromatic N) is 3. The maximum atomic E-state index is 13.6. The molecule has 1 aromatic heterocycles. The van der Waals surface area contributed by atoms with Crippen LogP contribution < -0.4 is 10.6 Å². The van der Waals surface area contributed by atoms with Crippen LogP contribution in [0.4, 0.5) is 5.13 Å². The number of fused-ring (bicyclic) bond motifs is 1. The molecule has 6 rings (SSSR count). The molecular weight excluding hydrogens is 639 g/mol. The number of carboxylic acids is 1.